The lowest BCUT2D eigenvalue weighted by Gasteiger charge is -2.00. The van der Waals surface area contributed by atoms with E-state index in [1.807, 2.05) is 0 Å². The van der Waals surface area contributed by atoms with E-state index in [-0.39, 0.29) is 0 Å². The Balaban J connectivity index is 2.95. The molecule has 0 aromatic rings. The lowest BCUT2D eigenvalue weighted by atomic mass is 10.1. The molecule has 0 saturated carbocycles. The van der Waals surface area contributed by atoms with Gasteiger partial charge < -0.3 is 4.79 Å². The van der Waals surface area contributed by atoms with E-state index in [1.165, 1.54) is 44.9 Å². The maximum Gasteiger partial charge on any atom is 0.129 e. The molecule has 0 rings (SSSR count). The first kappa shape index (κ1) is 14.4. The van der Waals surface area contributed by atoms with Crippen molar-refractivity contribution in [2.75, 3.05) is 0 Å². The maximum absolute atomic E-state index is 10.7. The van der Waals surface area contributed by atoms with Gasteiger partial charge in [0.05, 0.1) is 0 Å². The van der Waals surface area contributed by atoms with Crippen LogP contribution < -0.4 is 0 Å². The Morgan fingerprint density at radius 1 is 0.933 bits per heavy atom. The van der Waals surface area contributed by atoms with Gasteiger partial charge in [0.1, 0.15) is 5.78 Å². The summed E-state index contributed by atoms with van der Waals surface area (Å²) in [6, 6.07) is 0. The highest BCUT2D eigenvalue weighted by Gasteiger charge is 1.94. The zero-order chi connectivity index (χ0) is 11.4. The van der Waals surface area contributed by atoms with Crippen LogP contribution in [0.15, 0.2) is 12.2 Å². The molecule has 0 aliphatic heterocycles. The van der Waals surface area contributed by atoms with Crippen molar-refractivity contribution in [1.82, 2.24) is 0 Å². The molecule has 0 N–H and O–H groups in total. The maximum atomic E-state index is 10.7. The monoisotopic (exact) mass is 210 g/mol. The molecule has 0 aliphatic rings. The third-order valence-corrected chi connectivity index (χ3v) is 2.64. The van der Waals surface area contributed by atoms with Crippen molar-refractivity contribution in [2.45, 2.75) is 71.6 Å². The normalized spacial score (nSPS) is 11.1. The minimum atomic E-state index is 0.335. The van der Waals surface area contributed by atoms with Crippen LogP contribution in [0.5, 0.6) is 0 Å². The van der Waals surface area contributed by atoms with Crippen molar-refractivity contribution in [1.29, 1.82) is 0 Å². The predicted octanol–water partition coefficient (Wildman–Crippen LogP) is 4.66. The fraction of sp³-hybridized carbons (Fsp3) is 0.786. The van der Waals surface area contributed by atoms with Gasteiger partial charge >= 0.3 is 0 Å². The topological polar surface area (TPSA) is 17.1 Å². The van der Waals surface area contributed by atoms with Crippen molar-refractivity contribution in [3.8, 4) is 0 Å². The molecule has 1 heteroatoms. The van der Waals surface area contributed by atoms with Gasteiger partial charge in [-0.1, -0.05) is 44.3 Å². The first-order chi connectivity index (χ1) is 7.27. The second kappa shape index (κ2) is 11.5. The number of hydrogen-bond acceptors (Lipinski definition) is 1. The second-order valence-electron chi connectivity index (χ2n) is 4.28. The van der Waals surface area contributed by atoms with Crippen LogP contribution in [0.3, 0.4) is 0 Å². The molecular weight excluding hydrogens is 184 g/mol. The van der Waals surface area contributed by atoms with E-state index in [0.717, 1.165) is 12.8 Å². The summed E-state index contributed by atoms with van der Waals surface area (Å²) in [5.74, 6) is 0.335. The summed E-state index contributed by atoms with van der Waals surface area (Å²) < 4.78 is 0. The van der Waals surface area contributed by atoms with Crippen LogP contribution in [0.1, 0.15) is 71.6 Å². The molecule has 0 atom stereocenters. The van der Waals surface area contributed by atoms with Gasteiger partial charge in [-0.05, 0) is 33.1 Å². The van der Waals surface area contributed by atoms with E-state index < -0.39 is 0 Å². The minimum Gasteiger partial charge on any atom is -0.300 e. The number of ketones is 1. The molecule has 1 nitrogen and oxygen atoms in total. The summed E-state index contributed by atoms with van der Waals surface area (Å²) in [6.07, 6.45) is 15.4. The lowest BCUT2D eigenvalue weighted by Crippen LogP contribution is -1.89. The zero-order valence-electron chi connectivity index (χ0n) is 10.4. The summed E-state index contributed by atoms with van der Waals surface area (Å²) in [5.41, 5.74) is 0. The van der Waals surface area contributed by atoms with E-state index >= 15 is 0 Å². The molecule has 88 valence electrons. The molecular formula is C14H26O. The number of rotatable bonds is 10. The number of allylic oxidation sites excluding steroid dienone is 2. The number of carbonyl (C=O) groups excluding carboxylic acids is 1. The third-order valence-electron chi connectivity index (χ3n) is 2.64. The van der Waals surface area contributed by atoms with Crippen LogP contribution in [0, 0.1) is 0 Å². The van der Waals surface area contributed by atoms with E-state index in [9.17, 15) is 4.79 Å². The van der Waals surface area contributed by atoms with E-state index in [0.29, 0.717) is 5.78 Å². The molecule has 0 unspecified atom stereocenters. The first-order valence-corrected chi connectivity index (χ1v) is 6.38. The largest absolute Gasteiger partial charge is 0.300 e. The smallest absolute Gasteiger partial charge is 0.129 e. The van der Waals surface area contributed by atoms with Gasteiger partial charge in [-0.15, -0.1) is 0 Å². The summed E-state index contributed by atoms with van der Waals surface area (Å²) in [6.45, 7) is 3.76. The molecule has 0 aromatic carbocycles. The van der Waals surface area contributed by atoms with Crippen molar-refractivity contribution >= 4 is 5.78 Å². The number of unbranched alkanes of at least 4 members (excludes halogenated alkanes) is 7. The van der Waals surface area contributed by atoms with Gasteiger partial charge in [0, 0.05) is 6.42 Å². The Morgan fingerprint density at radius 3 is 2.00 bits per heavy atom. The first-order valence-electron chi connectivity index (χ1n) is 6.38. The minimum absolute atomic E-state index is 0.335. The summed E-state index contributed by atoms with van der Waals surface area (Å²) in [4.78, 5) is 10.7. The highest BCUT2D eigenvalue weighted by atomic mass is 16.1. The van der Waals surface area contributed by atoms with Crippen molar-refractivity contribution in [3.05, 3.63) is 12.2 Å². The van der Waals surface area contributed by atoms with Gasteiger partial charge in [0.15, 0.2) is 0 Å². The van der Waals surface area contributed by atoms with Crippen molar-refractivity contribution < 1.29 is 4.79 Å². The Hall–Kier alpha value is -0.590. The summed E-state index contributed by atoms with van der Waals surface area (Å²) in [7, 11) is 0. The van der Waals surface area contributed by atoms with Gasteiger partial charge in [-0.2, -0.15) is 0 Å². The van der Waals surface area contributed by atoms with Crippen LogP contribution in [0.2, 0.25) is 0 Å². The van der Waals surface area contributed by atoms with Gasteiger partial charge in [0.25, 0.3) is 0 Å². The van der Waals surface area contributed by atoms with Gasteiger partial charge in [-0.25, -0.2) is 0 Å². The number of hydrogen-bond donors (Lipinski definition) is 0. The number of carbonyl (C=O) groups is 1. The summed E-state index contributed by atoms with van der Waals surface area (Å²) >= 11 is 0. The highest BCUT2D eigenvalue weighted by Crippen LogP contribution is 2.09. The molecule has 0 saturated heterocycles. The van der Waals surface area contributed by atoms with Crippen LogP contribution in [0.25, 0.3) is 0 Å². The highest BCUT2D eigenvalue weighted by molar-refractivity contribution is 5.75. The fourth-order valence-corrected chi connectivity index (χ4v) is 1.69. The van der Waals surface area contributed by atoms with Gasteiger partial charge in [0.2, 0.25) is 0 Å². The number of Topliss-reactive ketones (excluding diaryl/α,β-unsaturated/α-hetero) is 1. The molecule has 0 bridgehead atoms. The Kier molecular flexibility index (Phi) is 11.0. The molecule has 0 heterocycles. The predicted molar refractivity (Wildman–Crippen MR) is 67.0 cm³/mol. The molecule has 0 spiro atoms. The van der Waals surface area contributed by atoms with E-state index in [2.05, 4.69) is 19.1 Å². The average molecular weight is 210 g/mol. The Morgan fingerprint density at radius 2 is 1.47 bits per heavy atom. The van der Waals surface area contributed by atoms with Crippen LogP contribution in [-0.2, 0) is 4.79 Å². The van der Waals surface area contributed by atoms with Crippen LogP contribution in [0.4, 0.5) is 0 Å². The quantitative estimate of drug-likeness (QED) is 0.378. The van der Waals surface area contributed by atoms with E-state index in [4.69, 9.17) is 0 Å². The summed E-state index contributed by atoms with van der Waals surface area (Å²) in [5, 5.41) is 0. The molecule has 0 fully saturated rings. The average Bonchev–Trinajstić information content (AvgIpc) is 2.20. The molecule has 0 aliphatic carbocycles. The zero-order valence-corrected chi connectivity index (χ0v) is 10.4. The standard InChI is InChI=1S/C14H26O/c1-3-4-5-6-7-8-9-10-11-12-13-14(2)15/h3-4H,5-13H2,1-2H3. The molecule has 0 radical (unpaired) electrons. The molecule has 15 heavy (non-hydrogen) atoms. The van der Waals surface area contributed by atoms with Crippen LogP contribution >= 0.6 is 0 Å². The second-order valence-corrected chi connectivity index (χ2v) is 4.28. The lowest BCUT2D eigenvalue weighted by molar-refractivity contribution is -0.117. The van der Waals surface area contributed by atoms with Crippen LogP contribution in [-0.4, -0.2) is 5.78 Å². The van der Waals surface area contributed by atoms with Crippen molar-refractivity contribution in [3.63, 3.8) is 0 Å². The Bertz CT molecular complexity index is 170. The molecule has 0 aromatic heterocycles. The van der Waals surface area contributed by atoms with E-state index in [1.54, 1.807) is 6.92 Å². The SMILES string of the molecule is CC=CCCCCCCCCCC(C)=O. The third kappa shape index (κ3) is 13.4. The van der Waals surface area contributed by atoms with Gasteiger partial charge in [-0.3, -0.25) is 0 Å². The molecule has 0 amide bonds. The Labute approximate surface area is 95.0 Å². The fourth-order valence-electron chi connectivity index (χ4n) is 1.69. The van der Waals surface area contributed by atoms with Crippen molar-refractivity contribution in [2.24, 2.45) is 0 Å².